The molecule has 0 unspecified atom stereocenters. The highest BCUT2D eigenvalue weighted by molar-refractivity contribution is 5.77. The number of halogens is 1. The minimum atomic E-state index is -0.565. The van der Waals surface area contributed by atoms with Gasteiger partial charge in [-0.1, -0.05) is 31.0 Å². The first-order valence-electron chi connectivity index (χ1n) is 8.16. The van der Waals surface area contributed by atoms with E-state index in [0.29, 0.717) is 23.7 Å². The minimum Gasteiger partial charge on any atom is -0.342 e. The van der Waals surface area contributed by atoms with Crippen LogP contribution in [0.5, 0.6) is 0 Å². The fourth-order valence-corrected chi connectivity index (χ4v) is 3.34. The van der Waals surface area contributed by atoms with E-state index in [-0.39, 0.29) is 11.7 Å². The largest absolute Gasteiger partial charge is 0.342 e. The number of carbonyl (C=O) groups excluding carboxylic acids is 1. The molecule has 4 nitrogen and oxygen atoms in total. The van der Waals surface area contributed by atoms with Crippen LogP contribution in [0.4, 0.5) is 4.39 Å². The van der Waals surface area contributed by atoms with Crippen molar-refractivity contribution in [2.75, 3.05) is 0 Å². The molecule has 1 aliphatic carbocycles. The quantitative estimate of drug-likeness (QED) is 0.920. The molecule has 2 aromatic rings. The first-order valence-corrected chi connectivity index (χ1v) is 8.16. The lowest BCUT2D eigenvalue weighted by atomic mass is 10.0. The third-order valence-electron chi connectivity index (χ3n) is 4.59. The summed E-state index contributed by atoms with van der Waals surface area (Å²) in [5, 5.41) is 2.98. The van der Waals surface area contributed by atoms with Gasteiger partial charge in [0.05, 0.1) is 0 Å². The summed E-state index contributed by atoms with van der Waals surface area (Å²) in [4.78, 5) is 16.7. The van der Waals surface area contributed by atoms with E-state index < -0.39 is 6.04 Å². The number of rotatable bonds is 5. The van der Waals surface area contributed by atoms with Gasteiger partial charge in [-0.05, 0) is 24.8 Å². The van der Waals surface area contributed by atoms with Gasteiger partial charge in [-0.15, -0.1) is 0 Å². The first-order chi connectivity index (χ1) is 11.1. The number of nitrogens with one attached hydrogen (secondary N) is 1. The number of hydrogen-bond acceptors (Lipinski definition) is 2. The van der Waals surface area contributed by atoms with Crippen LogP contribution in [-0.2, 0) is 11.8 Å². The molecule has 1 amide bonds. The zero-order valence-corrected chi connectivity index (χ0v) is 13.3. The van der Waals surface area contributed by atoms with Crippen LogP contribution in [0.2, 0.25) is 0 Å². The molecule has 0 spiro atoms. The van der Waals surface area contributed by atoms with E-state index in [2.05, 4.69) is 10.3 Å². The lowest BCUT2D eigenvalue weighted by Crippen LogP contribution is -2.32. The van der Waals surface area contributed by atoms with E-state index in [1.54, 1.807) is 30.6 Å². The van der Waals surface area contributed by atoms with Gasteiger partial charge in [0.25, 0.3) is 0 Å². The molecule has 5 heteroatoms. The van der Waals surface area contributed by atoms with Crippen molar-refractivity contribution in [2.24, 2.45) is 13.0 Å². The molecule has 1 aromatic carbocycles. The van der Waals surface area contributed by atoms with Gasteiger partial charge in [-0.3, -0.25) is 4.79 Å². The molecule has 1 atom stereocenters. The number of benzene rings is 1. The SMILES string of the molecule is Cn1ccnc1[C@@H](NC(=O)CC1CCCC1)c1ccccc1F. The molecule has 122 valence electrons. The Hall–Kier alpha value is -2.17. The van der Waals surface area contributed by atoms with E-state index in [1.807, 2.05) is 11.6 Å². The lowest BCUT2D eigenvalue weighted by Gasteiger charge is -2.20. The summed E-state index contributed by atoms with van der Waals surface area (Å²) in [6.07, 6.45) is 8.59. The van der Waals surface area contributed by atoms with Crippen molar-refractivity contribution in [1.29, 1.82) is 0 Å². The zero-order valence-electron chi connectivity index (χ0n) is 13.3. The van der Waals surface area contributed by atoms with Crippen LogP contribution in [0.3, 0.4) is 0 Å². The molecular weight excluding hydrogens is 293 g/mol. The first kappa shape index (κ1) is 15.7. The predicted octanol–water partition coefficient (Wildman–Crippen LogP) is 3.35. The number of aryl methyl sites for hydroxylation is 1. The van der Waals surface area contributed by atoms with E-state index >= 15 is 0 Å². The summed E-state index contributed by atoms with van der Waals surface area (Å²) in [7, 11) is 1.85. The summed E-state index contributed by atoms with van der Waals surface area (Å²) >= 11 is 0. The number of nitrogens with zero attached hydrogens (tertiary/aromatic N) is 2. The highest BCUT2D eigenvalue weighted by atomic mass is 19.1. The van der Waals surface area contributed by atoms with E-state index in [4.69, 9.17) is 0 Å². The normalized spacial score (nSPS) is 16.4. The molecular formula is C18H22FN3O. The number of imidazole rings is 1. The topological polar surface area (TPSA) is 46.9 Å². The van der Waals surface area contributed by atoms with E-state index in [0.717, 1.165) is 12.8 Å². The number of amides is 1. The second-order valence-electron chi connectivity index (χ2n) is 6.27. The molecule has 1 N–H and O–H groups in total. The average molecular weight is 315 g/mol. The summed E-state index contributed by atoms with van der Waals surface area (Å²) in [6.45, 7) is 0. The van der Waals surface area contributed by atoms with Gasteiger partial charge in [0.2, 0.25) is 5.91 Å². The summed E-state index contributed by atoms with van der Waals surface area (Å²) in [6, 6.07) is 5.97. The Labute approximate surface area is 135 Å². The Balaban J connectivity index is 1.82. The maximum absolute atomic E-state index is 14.2. The fraction of sp³-hybridized carbons (Fsp3) is 0.444. The Bertz CT molecular complexity index is 676. The third kappa shape index (κ3) is 3.60. The lowest BCUT2D eigenvalue weighted by molar-refractivity contribution is -0.122. The van der Waals surface area contributed by atoms with Gasteiger partial charge in [0.1, 0.15) is 17.7 Å². The second kappa shape index (κ2) is 6.94. The van der Waals surface area contributed by atoms with Crippen LogP contribution < -0.4 is 5.32 Å². The van der Waals surface area contributed by atoms with Crippen LogP contribution in [0.15, 0.2) is 36.7 Å². The maximum Gasteiger partial charge on any atom is 0.221 e. The molecule has 1 aromatic heterocycles. The van der Waals surface area contributed by atoms with Gasteiger partial charge in [-0.25, -0.2) is 9.37 Å². The van der Waals surface area contributed by atoms with Crippen molar-refractivity contribution < 1.29 is 9.18 Å². The van der Waals surface area contributed by atoms with Crippen LogP contribution >= 0.6 is 0 Å². The predicted molar refractivity (Wildman–Crippen MR) is 86.2 cm³/mol. The molecule has 0 aliphatic heterocycles. The summed E-state index contributed by atoms with van der Waals surface area (Å²) in [5.74, 6) is 0.724. The van der Waals surface area contributed by atoms with E-state index in [9.17, 15) is 9.18 Å². The van der Waals surface area contributed by atoms with Crippen LogP contribution in [0.25, 0.3) is 0 Å². The van der Waals surface area contributed by atoms with Gasteiger partial charge in [-0.2, -0.15) is 0 Å². The standard InChI is InChI=1S/C18H22FN3O/c1-22-11-10-20-18(22)17(14-8-4-5-9-15(14)19)21-16(23)12-13-6-2-3-7-13/h4-5,8-11,13,17H,2-3,6-7,12H2,1H3,(H,21,23)/t17-/m0/s1. The van der Waals surface area contributed by atoms with Gasteiger partial charge < -0.3 is 9.88 Å². The fourth-order valence-electron chi connectivity index (χ4n) is 3.34. The van der Waals surface area contributed by atoms with Crippen molar-refractivity contribution in [3.8, 4) is 0 Å². The Kier molecular flexibility index (Phi) is 4.74. The maximum atomic E-state index is 14.2. The summed E-state index contributed by atoms with van der Waals surface area (Å²) in [5.41, 5.74) is 0.446. The Morgan fingerprint density at radius 3 is 2.78 bits per heavy atom. The smallest absolute Gasteiger partial charge is 0.221 e. The highest BCUT2D eigenvalue weighted by Crippen LogP contribution is 2.28. The van der Waals surface area contributed by atoms with Crippen molar-refractivity contribution in [3.05, 3.63) is 53.9 Å². The van der Waals surface area contributed by atoms with Crippen LogP contribution in [0.1, 0.15) is 49.5 Å². The van der Waals surface area contributed by atoms with Crippen molar-refractivity contribution in [3.63, 3.8) is 0 Å². The van der Waals surface area contributed by atoms with Crippen LogP contribution in [0, 0.1) is 11.7 Å². The molecule has 1 fully saturated rings. The molecule has 1 aliphatic rings. The molecule has 23 heavy (non-hydrogen) atoms. The average Bonchev–Trinajstić information content (AvgIpc) is 3.17. The molecule has 0 saturated heterocycles. The van der Waals surface area contributed by atoms with Crippen molar-refractivity contribution >= 4 is 5.91 Å². The van der Waals surface area contributed by atoms with Gasteiger partial charge in [0, 0.05) is 31.4 Å². The van der Waals surface area contributed by atoms with Crippen molar-refractivity contribution in [1.82, 2.24) is 14.9 Å². The zero-order chi connectivity index (χ0) is 16.2. The van der Waals surface area contributed by atoms with E-state index in [1.165, 1.54) is 18.9 Å². The molecule has 1 heterocycles. The monoisotopic (exact) mass is 315 g/mol. The second-order valence-corrected chi connectivity index (χ2v) is 6.27. The number of carbonyl (C=O) groups is 1. The number of hydrogen-bond donors (Lipinski definition) is 1. The van der Waals surface area contributed by atoms with Crippen LogP contribution in [-0.4, -0.2) is 15.5 Å². The Morgan fingerprint density at radius 1 is 1.39 bits per heavy atom. The highest BCUT2D eigenvalue weighted by Gasteiger charge is 2.25. The van der Waals surface area contributed by atoms with Crippen molar-refractivity contribution in [2.45, 2.75) is 38.1 Å². The van der Waals surface area contributed by atoms with Gasteiger partial charge >= 0.3 is 0 Å². The van der Waals surface area contributed by atoms with Gasteiger partial charge in [0.15, 0.2) is 0 Å². The minimum absolute atomic E-state index is 0.0341. The molecule has 1 saturated carbocycles. The summed E-state index contributed by atoms with van der Waals surface area (Å²) < 4.78 is 16.0. The molecule has 0 bridgehead atoms. The Morgan fingerprint density at radius 2 is 2.13 bits per heavy atom. The number of aromatic nitrogens is 2. The third-order valence-corrected chi connectivity index (χ3v) is 4.59. The molecule has 0 radical (unpaired) electrons. The molecule has 3 rings (SSSR count).